The molecule has 9 heteroatoms. The van der Waals surface area contributed by atoms with Crippen LogP contribution in [0.1, 0.15) is 167 Å². The van der Waals surface area contributed by atoms with Crippen molar-refractivity contribution in [3.63, 3.8) is 0 Å². The van der Waals surface area contributed by atoms with Crippen molar-refractivity contribution in [3.8, 4) is 5.75 Å². The van der Waals surface area contributed by atoms with Crippen molar-refractivity contribution in [3.05, 3.63) is 102 Å². The minimum Gasteiger partial charge on any atom is -0.492 e. The fourth-order valence-corrected chi connectivity index (χ4v) is 8.55. The predicted octanol–water partition coefficient (Wildman–Crippen LogP) is 13.4. The zero-order chi connectivity index (χ0) is 46.4. The zero-order valence-corrected chi connectivity index (χ0v) is 40.9. The van der Waals surface area contributed by atoms with Crippen molar-refractivity contribution < 1.29 is 28.6 Å². The highest BCUT2D eigenvalue weighted by Gasteiger charge is 2.43. The van der Waals surface area contributed by atoms with E-state index < -0.39 is 6.04 Å². The van der Waals surface area contributed by atoms with Crippen LogP contribution in [0.15, 0.2) is 84.9 Å². The maximum absolute atomic E-state index is 12.9. The molecule has 0 radical (unpaired) electrons. The quantitative estimate of drug-likeness (QED) is 0.0289. The van der Waals surface area contributed by atoms with Crippen LogP contribution >= 0.6 is 11.6 Å². The summed E-state index contributed by atoms with van der Waals surface area (Å²) in [7, 11) is 0. The largest absolute Gasteiger partial charge is 0.492 e. The lowest BCUT2D eigenvalue weighted by Gasteiger charge is -2.37. The van der Waals surface area contributed by atoms with E-state index in [4.69, 9.17) is 25.8 Å². The molecular formula is C55H81ClN2O6. The first-order chi connectivity index (χ1) is 31.1. The van der Waals surface area contributed by atoms with Crippen molar-refractivity contribution in [1.29, 1.82) is 0 Å². The average molecular weight is 902 g/mol. The highest BCUT2D eigenvalue weighted by atomic mass is 35.5. The number of benzene rings is 3. The van der Waals surface area contributed by atoms with Gasteiger partial charge in [0, 0.05) is 18.5 Å². The van der Waals surface area contributed by atoms with Crippen LogP contribution in [0.5, 0.6) is 5.75 Å². The monoisotopic (exact) mass is 901 g/mol. The fraction of sp³-hybridized carbons (Fsp3) is 0.582. The lowest BCUT2D eigenvalue weighted by molar-refractivity contribution is -0.190. The number of hydrogen-bond acceptors (Lipinski definition) is 7. The van der Waals surface area contributed by atoms with Crippen LogP contribution in [0.25, 0.3) is 10.6 Å². The Kier molecular flexibility index (Phi) is 27.5. The third-order valence-electron chi connectivity index (χ3n) is 12.1. The van der Waals surface area contributed by atoms with Gasteiger partial charge in [-0.25, -0.2) is 4.79 Å². The molecule has 1 saturated heterocycles. The molecule has 354 valence electrons. The van der Waals surface area contributed by atoms with Gasteiger partial charge in [0.05, 0.1) is 11.0 Å². The number of carbonyl (C=O) groups excluding carboxylic acids is 3. The van der Waals surface area contributed by atoms with Gasteiger partial charge >= 0.3 is 11.9 Å². The van der Waals surface area contributed by atoms with Crippen LogP contribution in [-0.2, 0) is 23.9 Å². The molecule has 0 saturated carbocycles. The summed E-state index contributed by atoms with van der Waals surface area (Å²) in [5.41, 5.74) is 4.19. The summed E-state index contributed by atoms with van der Waals surface area (Å²) in [5, 5.41) is 3.36. The third-order valence-corrected chi connectivity index (χ3v) is 12.5. The van der Waals surface area contributed by atoms with Crippen LogP contribution < -0.4 is 10.1 Å². The standard InChI is InChI=1S/C29H53NO5.C26H28ClNO/c1-5-7-9-11-12-13-14-15-16-18-24(34-29(33)26(30-22-31)20-23(3)4)21-27-25(28(32)35-27)19-17-10-8-6-2;1-3-28(4-2)19-20-29-24-17-15-22(16-18-24)25(21-11-7-5-8-12-21)26(27)23-13-9-6-10-14-23/h22-27H,5-21H2,1-4H3,(H,30,31);5-18H,3-4,19-20H2,1-2H3/b;26-25+/t24-,25-,26-,27-;/m0./s1. The van der Waals surface area contributed by atoms with Gasteiger partial charge in [-0.15, -0.1) is 0 Å². The first-order valence-electron chi connectivity index (χ1n) is 24.7. The van der Waals surface area contributed by atoms with Crippen molar-refractivity contribution >= 4 is 40.6 Å². The van der Waals surface area contributed by atoms with Crippen LogP contribution in [0, 0.1) is 11.8 Å². The normalized spacial score (nSPS) is 15.9. The molecule has 64 heavy (non-hydrogen) atoms. The first kappa shape index (κ1) is 54.2. The number of likely N-dealkylation sites (N-methyl/N-ethyl adjacent to an activating group) is 1. The smallest absolute Gasteiger partial charge is 0.328 e. The first-order valence-corrected chi connectivity index (χ1v) is 25.1. The number of halogens is 1. The predicted molar refractivity (Wildman–Crippen MR) is 265 cm³/mol. The Morgan fingerprint density at radius 1 is 0.750 bits per heavy atom. The van der Waals surface area contributed by atoms with Crippen molar-refractivity contribution in [2.75, 3.05) is 26.2 Å². The van der Waals surface area contributed by atoms with Gasteiger partial charge in [-0.2, -0.15) is 0 Å². The molecule has 0 aromatic heterocycles. The van der Waals surface area contributed by atoms with E-state index >= 15 is 0 Å². The summed E-state index contributed by atoms with van der Waals surface area (Å²) in [6.45, 7) is 16.5. The molecule has 3 aromatic carbocycles. The van der Waals surface area contributed by atoms with Gasteiger partial charge < -0.3 is 24.4 Å². The molecule has 8 nitrogen and oxygen atoms in total. The number of rotatable bonds is 32. The van der Waals surface area contributed by atoms with E-state index in [9.17, 15) is 14.4 Å². The summed E-state index contributed by atoms with van der Waals surface area (Å²) in [6, 6.07) is 27.9. The van der Waals surface area contributed by atoms with Gasteiger partial charge in [0.15, 0.2) is 0 Å². The van der Waals surface area contributed by atoms with E-state index in [1.54, 1.807) is 0 Å². The van der Waals surface area contributed by atoms with Crippen LogP contribution in [0.3, 0.4) is 0 Å². The molecule has 0 bridgehead atoms. The van der Waals surface area contributed by atoms with Gasteiger partial charge in [0.1, 0.15) is 30.6 Å². The van der Waals surface area contributed by atoms with Crippen molar-refractivity contribution in [1.82, 2.24) is 10.2 Å². The highest BCUT2D eigenvalue weighted by Crippen LogP contribution is 2.36. The van der Waals surface area contributed by atoms with Crippen LogP contribution in [0.2, 0.25) is 0 Å². The van der Waals surface area contributed by atoms with Crippen molar-refractivity contribution in [2.24, 2.45) is 11.8 Å². The average Bonchev–Trinajstić information content (AvgIpc) is 3.30. The van der Waals surface area contributed by atoms with E-state index in [1.807, 2.05) is 74.5 Å². The molecule has 1 aliphatic rings. The molecule has 0 unspecified atom stereocenters. The Bertz CT molecular complexity index is 1730. The van der Waals surface area contributed by atoms with E-state index in [1.165, 1.54) is 57.8 Å². The molecule has 4 atom stereocenters. The minimum absolute atomic E-state index is 0.0734. The number of esters is 2. The summed E-state index contributed by atoms with van der Waals surface area (Å²) in [4.78, 5) is 38.3. The molecule has 0 aliphatic carbocycles. The lowest BCUT2D eigenvalue weighted by atomic mass is 9.86. The molecule has 4 rings (SSSR count). The summed E-state index contributed by atoms with van der Waals surface area (Å²) < 4.78 is 17.3. The molecule has 1 aliphatic heterocycles. The number of hydrogen-bond donors (Lipinski definition) is 1. The SMILES string of the molecule is CCCCCCCCCCC[C@@H](C[C@@H]1OC(=O)[C@H]1CCCCCC)OC(=O)[C@H](CC(C)C)NC=O.CCN(CC)CCOc1ccc(/C(=C(/Cl)c2ccccc2)c2ccccc2)cc1. The molecule has 1 fully saturated rings. The zero-order valence-electron chi connectivity index (χ0n) is 40.2. The van der Waals surface area contributed by atoms with Gasteiger partial charge in [-0.05, 0) is 73.5 Å². The third kappa shape index (κ3) is 20.4. The Hall–Kier alpha value is -4.14. The maximum Gasteiger partial charge on any atom is 0.328 e. The van der Waals surface area contributed by atoms with E-state index in [0.29, 0.717) is 25.9 Å². The Morgan fingerprint density at radius 3 is 1.84 bits per heavy atom. The second kappa shape index (κ2) is 32.5. The van der Waals surface area contributed by atoms with Gasteiger partial charge in [0.25, 0.3) is 0 Å². The second-order valence-corrected chi connectivity index (χ2v) is 18.0. The topological polar surface area (TPSA) is 94.2 Å². The number of amides is 1. The van der Waals surface area contributed by atoms with Crippen molar-refractivity contribution in [2.45, 2.75) is 169 Å². The van der Waals surface area contributed by atoms with Gasteiger partial charge in [-0.1, -0.05) is 203 Å². The number of unbranched alkanes of at least 4 members (excludes halogenated alkanes) is 11. The number of nitrogens with zero attached hydrogens (tertiary/aromatic N) is 1. The minimum atomic E-state index is -0.632. The molecule has 1 amide bonds. The van der Waals surface area contributed by atoms with Crippen LogP contribution in [-0.4, -0.2) is 67.7 Å². The Balaban J connectivity index is 0.000000345. The summed E-state index contributed by atoms with van der Waals surface area (Å²) >= 11 is 6.87. The van der Waals surface area contributed by atoms with E-state index in [-0.39, 0.29) is 36.0 Å². The number of cyclic esters (lactones) is 1. The summed E-state index contributed by atoms with van der Waals surface area (Å²) in [6.07, 6.45) is 18.5. The number of ether oxygens (including phenoxy) is 3. The van der Waals surface area contributed by atoms with Gasteiger partial charge in [0.2, 0.25) is 6.41 Å². The number of nitrogens with one attached hydrogen (secondary N) is 1. The molecule has 3 aromatic rings. The summed E-state index contributed by atoms with van der Waals surface area (Å²) in [5.74, 6) is 0.576. The maximum atomic E-state index is 12.9. The van der Waals surface area contributed by atoms with Crippen LogP contribution in [0.4, 0.5) is 0 Å². The second-order valence-electron chi connectivity index (χ2n) is 17.6. The highest BCUT2D eigenvalue weighted by molar-refractivity contribution is 6.53. The molecular weight excluding hydrogens is 820 g/mol. The molecule has 1 N–H and O–H groups in total. The fourth-order valence-electron chi connectivity index (χ4n) is 8.21. The van der Waals surface area contributed by atoms with E-state index in [2.05, 4.69) is 62.2 Å². The molecule has 1 heterocycles. The Morgan fingerprint density at radius 2 is 1.30 bits per heavy atom. The molecule has 0 spiro atoms. The van der Waals surface area contributed by atoms with Gasteiger partial charge in [-0.3, -0.25) is 9.59 Å². The Labute approximate surface area is 392 Å². The van der Waals surface area contributed by atoms with E-state index in [0.717, 1.165) is 91.2 Å². The number of carbonyl (C=O) groups is 3. The lowest BCUT2D eigenvalue weighted by Crippen LogP contribution is -2.48.